The molecule has 0 radical (unpaired) electrons. The molecule has 8 nitrogen and oxygen atoms in total. The Bertz CT molecular complexity index is 1140. The number of fused-ring (bicyclic) bond motifs is 3. The second-order valence-electron chi connectivity index (χ2n) is 10.9. The van der Waals surface area contributed by atoms with Gasteiger partial charge in [-0.15, -0.1) is 0 Å². The summed E-state index contributed by atoms with van der Waals surface area (Å²) in [5, 5.41) is 3.63. The Labute approximate surface area is 201 Å². The summed E-state index contributed by atoms with van der Waals surface area (Å²) in [6.45, 7) is 6.57. The van der Waals surface area contributed by atoms with Gasteiger partial charge in [0.25, 0.3) is 0 Å². The molecule has 2 aromatic heterocycles. The highest BCUT2D eigenvalue weighted by molar-refractivity contribution is 5.84. The summed E-state index contributed by atoms with van der Waals surface area (Å²) in [7, 11) is 0. The molecule has 0 spiro atoms. The first-order valence-electron chi connectivity index (χ1n) is 13.0. The lowest BCUT2D eigenvalue weighted by Gasteiger charge is -2.36. The fraction of sp³-hybridized carbons (Fsp3) is 0.577. The summed E-state index contributed by atoms with van der Waals surface area (Å²) in [5.41, 5.74) is 13.2. The van der Waals surface area contributed by atoms with Gasteiger partial charge in [0, 0.05) is 42.4 Å². The van der Waals surface area contributed by atoms with Crippen molar-refractivity contribution in [3.05, 3.63) is 42.2 Å². The molecular formula is C26H37N8+. The summed E-state index contributed by atoms with van der Waals surface area (Å²) in [4.78, 5) is 14.8. The first-order valence-corrected chi connectivity index (χ1v) is 13.0. The van der Waals surface area contributed by atoms with Crippen molar-refractivity contribution in [2.24, 2.45) is 11.7 Å². The second-order valence-corrected chi connectivity index (χ2v) is 10.9. The van der Waals surface area contributed by atoms with E-state index in [1.165, 1.54) is 18.4 Å². The van der Waals surface area contributed by atoms with Gasteiger partial charge in [-0.3, -0.25) is 0 Å². The third-order valence-electron chi connectivity index (χ3n) is 8.33. The summed E-state index contributed by atoms with van der Waals surface area (Å²) in [5.74, 6) is 2.26. The van der Waals surface area contributed by atoms with Gasteiger partial charge in [-0.25, -0.2) is 15.0 Å². The quantitative estimate of drug-likeness (QED) is 0.471. The first-order chi connectivity index (χ1) is 16.5. The fourth-order valence-corrected chi connectivity index (χ4v) is 6.53. The minimum absolute atomic E-state index is 0.278. The number of nitrogens with one attached hydrogen (secondary N) is 2. The number of anilines is 2. The molecule has 3 aromatic rings. The second kappa shape index (κ2) is 8.50. The molecule has 3 aliphatic rings. The molecule has 4 heterocycles. The van der Waals surface area contributed by atoms with Crippen LogP contribution in [0.5, 0.6) is 0 Å². The van der Waals surface area contributed by atoms with Crippen LogP contribution in [0.4, 0.5) is 11.8 Å². The van der Waals surface area contributed by atoms with E-state index in [1.54, 1.807) is 0 Å². The van der Waals surface area contributed by atoms with E-state index >= 15 is 0 Å². The zero-order valence-electron chi connectivity index (χ0n) is 20.3. The number of imidazole rings is 1. The molecule has 1 aromatic carbocycles. The molecule has 4 N–H and O–H groups in total. The van der Waals surface area contributed by atoms with Crippen LogP contribution in [0.2, 0.25) is 0 Å². The van der Waals surface area contributed by atoms with E-state index in [4.69, 9.17) is 20.7 Å². The number of hydrogen-bond donors (Lipinski definition) is 3. The highest BCUT2D eigenvalue weighted by atomic mass is 15.7. The predicted octanol–water partition coefficient (Wildman–Crippen LogP) is 4.40. The zero-order chi connectivity index (χ0) is 23.3. The van der Waals surface area contributed by atoms with E-state index in [-0.39, 0.29) is 6.04 Å². The Kier molecular flexibility index (Phi) is 5.45. The first kappa shape index (κ1) is 21.8. The van der Waals surface area contributed by atoms with Crippen LogP contribution in [0.3, 0.4) is 0 Å². The highest BCUT2D eigenvalue weighted by Gasteiger charge is 2.56. The van der Waals surface area contributed by atoms with Crippen LogP contribution in [0.25, 0.3) is 11.2 Å². The summed E-state index contributed by atoms with van der Waals surface area (Å²) in [6.07, 6.45) is 8.62. The van der Waals surface area contributed by atoms with Crippen molar-refractivity contribution in [2.75, 3.05) is 23.8 Å². The molecule has 1 aliphatic carbocycles. The summed E-state index contributed by atoms with van der Waals surface area (Å²) in [6, 6.07) is 12.4. The van der Waals surface area contributed by atoms with Crippen molar-refractivity contribution in [3.63, 3.8) is 0 Å². The van der Waals surface area contributed by atoms with E-state index in [1.807, 2.05) is 6.33 Å². The number of nitrogens with zero attached hydrogens (tertiary/aromatic N) is 5. The average Bonchev–Trinajstić information content (AvgIpc) is 3.52. The van der Waals surface area contributed by atoms with Gasteiger partial charge in [-0.1, -0.05) is 30.3 Å². The number of hydrogen-bond acceptors (Lipinski definition) is 6. The molecule has 34 heavy (non-hydrogen) atoms. The fourth-order valence-electron chi connectivity index (χ4n) is 6.53. The Balaban J connectivity index is 1.37. The third kappa shape index (κ3) is 3.73. The molecule has 180 valence electrons. The van der Waals surface area contributed by atoms with Crippen molar-refractivity contribution < 1.29 is 4.59 Å². The Morgan fingerprint density at radius 2 is 1.74 bits per heavy atom. The maximum absolute atomic E-state index is 6.13. The van der Waals surface area contributed by atoms with Crippen LogP contribution in [0, 0.1) is 5.92 Å². The molecule has 2 bridgehead atoms. The normalized spacial score (nSPS) is 30.8. The lowest BCUT2D eigenvalue weighted by atomic mass is 9.92. The molecule has 0 amide bonds. The minimum Gasteiger partial charge on any atom is -0.351 e. The molecule has 2 aliphatic heterocycles. The van der Waals surface area contributed by atoms with E-state index in [2.05, 4.69) is 59.5 Å². The molecule has 2 saturated heterocycles. The number of benzene rings is 1. The van der Waals surface area contributed by atoms with E-state index < -0.39 is 0 Å². The molecule has 3 fully saturated rings. The number of aromatic nitrogens is 4. The Morgan fingerprint density at radius 3 is 2.44 bits per heavy atom. The topological polar surface area (TPSA) is 93.7 Å². The van der Waals surface area contributed by atoms with Crippen LogP contribution in [0.1, 0.15) is 70.0 Å². The van der Waals surface area contributed by atoms with Crippen molar-refractivity contribution in [3.8, 4) is 0 Å². The van der Waals surface area contributed by atoms with Gasteiger partial charge in [0.2, 0.25) is 11.8 Å². The van der Waals surface area contributed by atoms with Crippen molar-refractivity contribution in [1.82, 2.24) is 19.5 Å². The lowest BCUT2D eigenvalue weighted by Crippen LogP contribution is -2.50. The van der Waals surface area contributed by atoms with E-state index in [9.17, 15) is 0 Å². The molecule has 1 unspecified atom stereocenters. The van der Waals surface area contributed by atoms with E-state index in [0.29, 0.717) is 30.0 Å². The van der Waals surface area contributed by atoms with Crippen LogP contribution < -0.4 is 16.5 Å². The standard InChI is InChI=1S/C26H37N8/c1-17(2)33-16-28-22-24(30-26(31-25(22)33)29-21-10-8-20(27)9-11-21)32-34-14-12-19(13-15-34)23(34)18-6-4-3-5-7-18/h3-7,16-17,19-21,23H,8-15,27H2,1-2H3,(H2,29,30,31,32)/q+1. The van der Waals surface area contributed by atoms with Gasteiger partial charge in [0.15, 0.2) is 11.2 Å². The maximum atomic E-state index is 6.13. The van der Waals surface area contributed by atoms with Gasteiger partial charge in [-0.05, 0) is 39.5 Å². The third-order valence-corrected chi connectivity index (χ3v) is 8.33. The van der Waals surface area contributed by atoms with Crippen LogP contribution >= 0.6 is 0 Å². The minimum atomic E-state index is 0.278. The Morgan fingerprint density at radius 1 is 1.00 bits per heavy atom. The smallest absolute Gasteiger partial charge is 0.227 e. The maximum Gasteiger partial charge on any atom is 0.227 e. The van der Waals surface area contributed by atoms with Gasteiger partial charge >= 0.3 is 0 Å². The summed E-state index contributed by atoms with van der Waals surface area (Å²) >= 11 is 0. The Hall–Kier alpha value is -2.71. The van der Waals surface area contributed by atoms with Crippen molar-refractivity contribution in [2.45, 2.75) is 76.5 Å². The SMILES string of the molecule is CC(C)n1cnc2c(N[N+]34CCC(CC3)C4c3ccccc3)nc(NC3CCC(N)CC3)nc21. The number of nitrogens with two attached hydrogens (primary N) is 1. The highest BCUT2D eigenvalue weighted by Crippen LogP contribution is 2.51. The zero-order valence-corrected chi connectivity index (χ0v) is 20.3. The van der Waals surface area contributed by atoms with Crippen LogP contribution in [-0.4, -0.2) is 49.3 Å². The number of rotatable bonds is 6. The van der Waals surface area contributed by atoms with Gasteiger partial charge in [0.05, 0.1) is 6.33 Å². The average molecular weight is 462 g/mol. The summed E-state index contributed by atoms with van der Waals surface area (Å²) < 4.78 is 3.00. The van der Waals surface area contributed by atoms with Gasteiger partial charge in [0.1, 0.15) is 19.1 Å². The molecule has 6 rings (SSSR count). The monoisotopic (exact) mass is 461 g/mol. The number of quaternary nitrogens is 1. The van der Waals surface area contributed by atoms with Crippen molar-refractivity contribution >= 4 is 22.9 Å². The lowest BCUT2D eigenvalue weighted by molar-refractivity contribution is -0.916. The molecule has 8 heteroatoms. The number of piperidine rings is 1. The van der Waals surface area contributed by atoms with Crippen LogP contribution in [-0.2, 0) is 0 Å². The van der Waals surface area contributed by atoms with Crippen molar-refractivity contribution in [1.29, 1.82) is 0 Å². The molecule has 1 atom stereocenters. The van der Waals surface area contributed by atoms with Crippen LogP contribution in [0.15, 0.2) is 36.7 Å². The van der Waals surface area contributed by atoms with Gasteiger partial charge in [-0.2, -0.15) is 9.97 Å². The largest absolute Gasteiger partial charge is 0.351 e. The predicted molar refractivity (Wildman–Crippen MR) is 135 cm³/mol. The molecule has 1 saturated carbocycles. The van der Waals surface area contributed by atoms with E-state index in [0.717, 1.165) is 60.3 Å². The van der Waals surface area contributed by atoms with Gasteiger partial charge < -0.3 is 15.6 Å². The molecular weight excluding hydrogens is 424 g/mol.